The van der Waals surface area contributed by atoms with Crippen molar-refractivity contribution >= 4 is 12.2 Å². The summed E-state index contributed by atoms with van der Waals surface area (Å²) in [6.45, 7) is 6.33. The first-order valence-corrected chi connectivity index (χ1v) is 8.76. The predicted octanol–water partition coefficient (Wildman–Crippen LogP) is 4.24. The average molecular weight is 331 g/mol. The summed E-state index contributed by atoms with van der Waals surface area (Å²) in [5.41, 5.74) is 0.564. The summed E-state index contributed by atoms with van der Waals surface area (Å²) < 4.78 is 5.51. The summed E-state index contributed by atoms with van der Waals surface area (Å²) >= 11 is 0. The largest absolute Gasteiger partial charge is 0.444 e. The normalized spacial score (nSPS) is 20.2. The quantitative estimate of drug-likeness (QED) is 0.898. The van der Waals surface area contributed by atoms with Crippen molar-refractivity contribution in [1.29, 1.82) is 0 Å². The van der Waals surface area contributed by atoms with E-state index in [0.29, 0.717) is 13.0 Å². The molecule has 1 saturated heterocycles. The van der Waals surface area contributed by atoms with Gasteiger partial charge in [-0.15, -0.1) is 0 Å². The predicted molar refractivity (Wildman–Crippen MR) is 96.7 cm³/mol. The van der Waals surface area contributed by atoms with Crippen molar-refractivity contribution < 1.29 is 14.6 Å². The SMILES string of the molecule is CC(C)(C)OC(=O)N1CCCC[C@H]1CC(O)/C=C/c1ccccc1. The number of likely N-dealkylation sites (tertiary alicyclic amines) is 1. The fourth-order valence-electron chi connectivity index (χ4n) is 2.95. The Morgan fingerprint density at radius 2 is 2.04 bits per heavy atom. The van der Waals surface area contributed by atoms with E-state index < -0.39 is 11.7 Å². The van der Waals surface area contributed by atoms with Crippen molar-refractivity contribution in [3.63, 3.8) is 0 Å². The molecule has 1 N–H and O–H groups in total. The minimum atomic E-state index is -0.571. The highest BCUT2D eigenvalue weighted by Crippen LogP contribution is 2.24. The Kier molecular flexibility index (Phi) is 6.44. The number of carbonyl (C=O) groups is 1. The second-order valence-corrected chi connectivity index (χ2v) is 7.40. The molecule has 1 fully saturated rings. The van der Waals surface area contributed by atoms with Crippen LogP contribution in [-0.4, -0.2) is 40.4 Å². The van der Waals surface area contributed by atoms with E-state index in [2.05, 4.69) is 0 Å². The summed E-state index contributed by atoms with van der Waals surface area (Å²) in [5.74, 6) is 0. The molecular weight excluding hydrogens is 302 g/mol. The monoisotopic (exact) mass is 331 g/mol. The molecule has 2 rings (SSSR count). The molecule has 0 spiro atoms. The number of nitrogens with zero attached hydrogens (tertiary/aromatic N) is 1. The van der Waals surface area contributed by atoms with Crippen LogP contribution in [0.1, 0.15) is 52.0 Å². The zero-order chi connectivity index (χ0) is 17.6. The maximum atomic E-state index is 12.4. The van der Waals surface area contributed by atoms with E-state index in [1.807, 2.05) is 57.2 Å². The molecule has 0 aromatic heterocycles. The highest BCUT2D eigenvalue weighted by atomic mass is 16.6. The first-order chi connectivity index (χ1) is 11.3. The molecule has 24 heavy (non-hydrogen) atoms. The van der Waals surface area contributed by atoms with E-state index in [0.717, 1.165) is 24.8 Å². The minimum absolute atomic E-state index is 0.0315. The third-order valence-electron chi connectivity index (χ3n) is 4.08. The van der Waals surface area contributed by atoms with Gasteiger partial charge in [0.15, 0.2) is 0 Å². The van der Waals surface area contributed by atoms with Crippen molar-refractivity contribution in [3.05, 3.63) is 42.0 Å². The van der Waals surface area contributed by atoms with E-state index in [-0.39, 0.29) is 12.1 Å². The molecule has 4 heteroatoms. The molecule has 1 aliphatic heterocycles. The van der Waals surface area contributed by atoms with E-state index in [1.165, 1.54) is 0 Å². The molecule has 1 unspecified atom stereocenters. The first kappa shape index (κ1) is 18.5. The fourth-order valence-corrected chi connectivity index (χ4v) is 2.95. The summed E-state index contributed by atoms with van der Waals surface area (Å²) in [7, 11) is 0. The molecule has 132 valence electrons. The average Bonchev–Trinajstić information content (AvgIpc) is 2.53. The zero-order valence-electron chi connectivity index (χ0n) is 14.9. The molecule has 0 radical (unpaired) electrons. The smallest absolute Gasteiger partial charge is 0.410 e. The Bertz CT molecular complexity index is 548. The first-order valence-electron chi connectivity index (χ1n) is 8.76. The van der Waals surface area contributed by atoms with Crippen molar-refractivity contribution in [3.8, 4) is 0 Å². The topological polar surface area (TPSA) is 49.8 Å². The Hall–Kier alpha value is -1.81. The lowest BCUT2D eigenvalue weighted by Gasteiger charge is -2.37. The maximum absolute atomic E-state index is 12.4. The second kappa shape index (κ2) is 8.34. The third-order valence-corrected chi connectivity index (χ3v) is 4.08. The fraction of sp³-hybridized carbons (Fsp3) is 0.550. The Balaban J connectivity index is 1.95. The van der Waals surface area contributed by atoms with Crippen molar-refractivity contribution in [1.82, 2.24) is 4.90 Å². The van der Waals surface area contributed by atoms with Gasteiger partial charge < -0.3 is 14.7 Å². The number of hydrogen-bond acceptors (Lipinski definition) is 3. The van der Waals surface area contributed by atoms with Crippen LogP contribution in [0.3, 0.4) is 0 Å². The van der Waals surface area contributed by atoms with Crippen LogP contribution in [0.4, 0.5) is 4.79 Å². The second-order valence-electron chi connectivity index (χ2n) is 7.40. The van der Waals surface area contributed by atoms with Crippen molar-refractivity contribution in [2.24, 2.45) is 0 Å². The van der Waals surface area contributed by atoms with Crippen LogP contribution in [0, 0.1) is 0 Å². The third kappa shape index (κ3) is 6.00. The van der Waals surface area contributed by atoms with Crippen LogP contribution in [-0.2, 0) is 4.74 Å². The molecule has 1 amide bonds. The summed E-state index contributed by atoms with van der Waals surface area (Å²) in [5, 5.41) is 10.3. The molecule has 1 heterocycles. The number of piperidine rings is 1. The standard InChI is InChI=1S/C20H29NO3/c1-20(2,3)24-19(23)21-14-8-7-11-17(21)15-18(22)13-12-16-9-5-4-6-10-16/h4-6,9-10,12-13,17-18,22H,7-8,11,14-15H2,1-3H3/b13-12+/t17-,18?/m0/s1. The van der Waals surface area contributed by atoms with E-state index >= 15 is 0 Å². The van der Waals surface area contributed by atoms with Crippen LogP contribution in [0.15, 0.2) is 36.4 Å². The lowest BCUT2D eigenvalue weighted by molar-refractivity contribution is 0.00482. The molecule has 0 bridgehead atoms. The Labute approximate surface area is 145 Å². The van der Waals surface area contributed by atoms with Gasteiger partial charge in [0.25, 0.3) is 0 Å². The number of amides is 1. The lowest BCUT2D eigenvalue weighted by Crippen LogP contribution is -2.47. The van der Waals surface area contributed by atoms with Gasteiger partial charge in [-0.1, -0.05) is 42.5 Å². The van der Waals surface area contributed by atoms with Crippen molar-refractivity contribution in [2.45, 2.75) is 64.2 Å². The van der Waals surface area contributed by atoms with Crippen LogP contribution in [0.2, 0.25) is 0 Å². The zero-order valence-corrected chi connectivity index (χ0v) is 14.9. The molecule has 1 aromatic rings. The van der Waals surface area contributed by atoms with Gasteiger partial charge in [-0.05, 0) is 52.0 Å². The summed E-state index contributed by atoms with van der Waals surface area (Å²) in [6, 6.07) is 9.93. The van der Waals surface area contributed by atoms with E-state index in [1.54, 1.807) is 11.0 Å². The van der Waals surface area contributed by atoms with Gasteiger partial charge in [-0.25, -0.2) is 4.79 Å². The van der Waals surface area contributed by atoms with Gasteiger partial charge >= 0.3 is 6.09 Å². The van der Waals surface area contributed by atoms with Gasteiger partial charge in [0.2, 0.25) is 0 Å². The van der Waals surface area contributed by atoms with E-state index in [4.69, 9.17) is 4.74 Å². The lowest BCUT2D eigenvalue weighted by atomic mass is 9.97. The molecule has 4 nitrogen and oxygen atoms in total. The number of carbonyl (C=O) groups excluding carboxylic acids is 1. The molecule has 0 aliphatic carbocycles. The van der Waals surface area contributed by atoms with Gasteiger partial charge in [0.1, 0.15) is 5.60 Å². The van der Waals surface area contributed by atoms with Crippen LogP contribution in [0.25, 0.3) is 6.08 Å². The Morgan fingerprint density at radius 3 is 2.71 bits per heavy atom. The summed E-state index contributed by atoms with van der Waals surface area (Å²) in [4.78, 5) is 14.2. The number of aliphatic hydroxyl groups excluding tert-OH is 1. The number of ether oxygens (including phenoxy) is 1. The number of hydrogen-bond donors (Lipinski definition) is 1. The molecule has 2 atom stereocenters. The summed E-state index contributed by atoms with van der Waals surface area (Å²) in [6.07, 6.45) is 6.41. The highest BCUT2D eigenvalue weighted by Gasteiger charge is 2.31. The highest BCUT2D eigenvalue weighted by molar-refractivity contribution is 5.68. The van der Waals surface area contributed by atoms with Crippen LogP contribution in [0.5, 0.6) is 0 Å². The maximum Gasteiger partial charge on any atom is 0.410 e. The molecule has 1 aliphatic rings. The van der Waals surface area contributed by atoms with Gasteiger partial charge in [-0.3, -0.25) is 0 Å². The van der Waals surface area contributed by atoms with Crippen LogP contribution < -0.4 is 0 Å². The van der Waals surface area contributed by atoms with Crippen LogP contribution >= 0.6 is 0 Å². The minimum Gasteiger partial charge on any atom is -0.444 e. The Morgan fingerprint density at radius 1 is 1.33 bits per heavy atom. The number of benzene rings is 1. The van der Waals surface area contributed by atoms with Gasteiger partial charge in [-0.2, -0.15) is 0 Å². The number of rotatable bonds is 4. The van der Waals surface area contributed by atoms with E-state index in [9.17, 15) is 9.90 Å². The number of aliphatic hydroxyl groups is 1. The molecular formula is C20H29NO3. The molecule has 1 aromatic carbocycles. The van der Waals surface area contributed by atoms with Gasteiger partial charge in [0.05, 0.1) is 6.10 Å². The van der Waals surface area contributed by atoms with Crippen molar-refractivity contribution in [2.75, 3.05) is 6.54 Å². The van der Waals surface area contributed by atoms with Gasteiger partial charge in [0, 0.05) is 12.6 Å². The molecule has 0 saturated carbocycles.